The largest absolute Gasteiger partial charge is 0.393 e. The molecule has 2 N–H and O–H groups in total. The van der Waals surface area contributed by atoms with Gasteiger partial charge in [-0.25, -0.2) is 14.4 Å². The lowest BCUT2D eigenvalue weighted by atomic mass is 9.96. The Balaban J connectivity index is 1.52. The van der Waals surface area contributed by atoms with E-state index in [9.17, 15) is 22.4 Å². The summed E-state index contributed by atoms with van der Waals surface area (Å²) < 4.78 is 53.6. The molecular weight excluding hydrogens is 440 g/mol. The number of aromatic nitrogens is 2. The number of carbonyl (C=O) groups excluding carboxylic acids is 1. The molecule has 5 rings (SSSR count). The number of amides is 1. The van der Waals surface area contributed by atoms with Crippen LogP contribution in [0.3, 0.4) is 0 Å². The predicted molar refractivity (Wildman–Crippen MR) is 116 cm³/mol. The highest BCUT2D eigenvalue weighted by Crippen LogP contribution is 2.40. The van der Waals surface area contributed by atoms with E-state index >= 15 is 0 Å². The fraction of sp³-hybridized carbons (Fsp3) is 0.500. The number of rotatable bonds is 3. The molecule has 2 fully saturated rings. The topological polar surface area (TPSA) is 73.4 Å². The number of piperidine rings is 2. The highest BCUT2D eigenvalue weighted by Gasteiger charge is 2.43. The summed E-state index contributed by atoms with van der Waals surface area (Å²) in [7, 11) is 0. The van der Waals surface area contributed by atoms with Gasteiger partial charge in [0.15, 0.2) is 5.82 Å². The third-order valence-electron chi connectivity index (χ3n) is 6.48. The lowest BCUT2D eigenvalue weighted by molar-refractivity contribution is -0.176. The van der Waals surface area contributed by atoms with E-state index in [0.717, 1.165) is 37.8 Å². The Labute approximate surface area is 188 Å². The molecule has 5 heterocycles. The molecule has 2 saturated heterocycles. The van der Waals surface area contributed by atoms with Gasteiger partial charge >= 0.3 is 6.18 Å². The summed E-state index contributed by atoms with van der Waals surface area (Å²) in [5, 5.41) is 6.01. The molecule has 0 aliphatic carbocycles. The zero-order valence-corrected chi connectivity index (χ0v) is 17.8. The summed E-state index contributed by atoms with van der Waals surface area (Å²) in [6.45, 7) is 1.74. The molecule has 2 atom stereocenters. The van der Waals surface area contributed by atoms with Crippen LogP contribution in [0.4, 0.5) is 40.7 Å². The van der Waals surface area contributed by atoms with E-state index in [-0.39, 0.29) is 36.2 Å². The van der Waals surface area contributed by atoms with Crippen LogP contribution in [0.2, 0.25) is 0 Å². The van der Waals surface area contributed by atoms with Crippen molar-refractivity contribution in [3.8, 4) is 0 Å². The molecule has 33 heavy (non-hydrogen) atoms. The van der Waals surface area contributed by atoms with Crippen LogP contribution in [-0.2, 0) is 0 Å². The number of fused-ring (bicyclic) bond motifs is 4. The second-order valence-corrected chi connectivity index (χ2v) is 8.80. The van der Waals surface area contributed by atoms with Crippen LogP contribution in [0.25, 0.3) is 0 Å². The smallest absolute Gasteiger partial charge is 0.366 e. The van der Waals surface area contributed by atoms with Gasteiger partial charge in [-0.15, -0.1) is 0 Å². The fourth-order valence-electron chi connectivity index (χ4n) is 4.83. The van der Waals surface area contributed by atoms with Crippen molar-refractivity contribution in [1.82, 2.24) is 9.97 Å². The maximum absolute atomic E-state index is 13.5. The van der Waals surface area contributed by atoms with Crippen molar-refractivity contribution in [2.24, 2.45) is 5.92 Å². The van der Waals surface area contributed by atoms with Crippen LogP contribution in [0, 0.1) is 11.7 Å². The van der Waals surface area contributed by atoms with E-state index < -0.39 is 23.8 Å². The summed E-state index contributed by atoms with van der Waals surface area (Å²) in [5.74, 6) is -1.61. The summed E-state index contributed by atoms with van der Waals surface area (Å²) in [6, 6.07) is 4.42. The van der Waals surface area contributed by atoms with Crippen molar-refractivity contribution in [3.05, 3.63) is 35.8 Å². The second kappa shape index (κ2) is 8.35. The van der Waals surface area contributed by atoms with Crippen LogP contribution < -0.4 is 20.4 Å². The number of alkyl halides is 3. The Kier molecular flexibility index (Phi) is 5.49. The molecule has 3 aliphatic rings. The van der Waals surface area contributed by atoms with Crippen molar-refractivity contribution in [1.29, 1.82) is 0 Å². The molecule has 3 aliphatic heterocycles. The maximum atomic E-state index is 13.5. The monoisotopic (exact) mass is 464 g/mol. The second-order valence-electron chi connectivity index (χ2n) is 8.80. The maximum Gasteiger partial charge on any atom is 0.393 e. The molecule has 0 aromatic carbocycles. The minimum Gasteiger partial charge on any atom is -0.366 e. The number of anilines is 4. The van der Waals surface area contributed by atoms with Gasteiger partial charge in [0.1, 0.15) is 17.5 Å². The molecule has 2 aromatic heterocycles. The summed E-state index contributed by atoms with van der Waals surface area (Å²) in [4.78, 5) is 25.5. The first-order valence-corrected chi connectivity index (χ1v) is 11.1. The van der Waals surface area contributed by atoms with Gasteiger partial charge in [-0.3, -0.25) is 4.79 Å². The molecule has 2 bridgehead atoms. The fourth-order valence-corrected chi connectivity index (χ4v) is 4.83. The standard InChI is InChI=1S/C22H24F4N6O/c23-14-5-6-18(27-10-14)29-21(33)16-9-17-19(28-15-4-2-7-31(17)12-15)30-20(16)32-8-1-3-13(11-32)22(24,25)26/h5-6,9-10,13,15H,1-4,7-8,11-12H2,(H,28,30)(H,27,29,33)/t13-,15-/m0/s1. The van der Waals surface area contributed by atoms with E-state index in [0.29, 0.717) is 18.8 Å². The van der Waals surface area contributed by atoms with Gasteiger partial charge in [-0.05, 0) is 43.9 Å². The Morgan fingerprint density at radius 2 is 1.91 bits per heavy atom. The third kappa shape index (κ3) is 4.40. The van der Waals surface area contributed by atoms with Crippen LogP contribution in [0.15, 0.2) is 24.4 Å². The van der Waals surface area contributed by atoms with E-state index in [4.69, 9.17) is 0 Å². The molecule has 1 amide bonds. The van der Waals surface area contributed by atoms with E-state index in [1.165, 1.54) is 12.1 Å². The van der Waals surface area contributed by atoms with E-state index in [1.807, 2.05) is 0 Å². The molecule has 176 valence electrons. The zero-order chi connectivity index (χ0) is 23.2. The van der Waals surface area contributed by atoms with Crippen LogP contribution in [0.1, 0.15) is 36.0 Å². The minimum absolute atomic E-state index is 0.0556. The number of pyridine rings is 2. The van der Waals surface area contributed by atoms with Gasteiger partial charge in [-0.2, -0.15) is 13.2 Å². The Morgan fingerprint density at radius 1 is 1.12 bits per heavy atom. The average Bonchev–Trinajstić information content (AvgIpc) is 2.79. The van der Waals surface area contributed by atoms with Gasteiger partial charge in [0.05, 0.1) is 23.4 Å². The number of carbonyl (C=O) groups is 1. The Morgan fingerprint density at radius 3 is 2.67 bits per heavy atom. The predicted octanol–water partition coefficient (Wildman–Crippen LogP) is 4.04. The number of nitrogens with zero attached hydrogens (tertiary/aromatic N) is 4. The van der Waals surface area contributed by atoms with Crippen molar-refractivity contribution in [2.75, 3.05) is 46.6 Å². The van der Waals surface area contributed by atoms with E-state index in [1.54, 1.807) is 11.0 Å². The lowest BCUT2D eigenvalue weighted by Gasteiger charge is -2.42. The van der Waals surface area contributed by atoms with Crippen molar-refractivity contribution < 1.29 is 22.4 Å². The molecule has 0 unspecified atom stereocenters. The average molecular weight is 464 g/mol. The molecule has 0 saturated carbocycles. The molecule has 0 spiro atoms. The third-order valence-corrected chi connectivity index (χ3v) is 6.48. The van der Waals surface area contributed by atoms with Crippen molar-refractivity contribution in [2.45, 2.75) is 37.9 Å². The Bertz CT molecular complexity index is 1040. The van der Waals surface area contributed by atoms with Crippen LogP contribution in [-0.4, -0.2) is 54.3 Å². The van der Waals surface area contributed by atoms with Gasteiger partial charge in [0.2, 0.25) is 0 Å². The van der Waals surface area contributed by atoms with Gasteiger partial charge in [0, 0.05) is 32.2 Å². The summed E-state index contributed by atoms with van der Waals surface area (Å²) in [6.07, 6.45) is -0.928. The lowest BCUT2D eigenvalue weighted by Crippen LogP contribution is -2.47. The van der Waals surface area contributed by atoms with Gasteiger partial charge in [-0.1, -0.05) is 0 Å². The summed E-state index contributed by atoms with van der Waals surface area (Å²) >= 11 is 0. The summed E-state index contributed by atoms with van der Waals surface area (Å²) in [5.41, 5.74) is 0.935. The SMILES string of the molecule is O=C(Nc1ccc(F)cn1)c1cc2c(nc1N1CCC[C@H](C(F)(F)F)C1)N[C@H]1CCCN2C1. The first kappa shape index (κ1) is 21.7. The molecular formula is C22H24F4N6O. The van der Waals surface area contributed by atoms with Crippen molar-refractivity contribution in [3.63, 3.8) is 0 Å². The Hall–Kier alpha value is -3.11. The normalized spacial score (nSPS) is 22.4. The van der Waals surface area contributed by atoms with Gasteiger partial charge in [0.25, 0.3) is 5.91 Å². The molecule has 2 aromatic rings. The highest BCUT2D eigenvalue weighted by molar-refractivity contribution is 6.08. The first-order valence-electron chi connectivity index (χ1n) is 11.1. The van der Waals surface area contributed by atoms with Crippen LogP contribution >= 0.6 is 0 Å². The first-order chi connectivity index (χ1) is 15.8. The number of halogens is 4. The zero-order valence-electron chi connectivity index (χ0n) is 17.8. The molecule has 0 radical (unpaired) electrons. The number of nitrogens with one attached hydrogen (secondary N) is 2. The van der Waals surface area contributed by atoms with Crippen LogP contribution in [0.5, 0.6) is 0 Å². The van der Waals surface area contributed by atoms with E-state index in [2.05, 4.69) is 25.5 Å². The highest BCUT2D eigenvalue weighted by atomic mass is 19.4. The number of hydrogen-bond donors (Lipinski definition) is 2. The number of hydrogen-bond acceptors (Lipinski definition) is 6. The van der Waals surface area contributed by atoms with Crippen molar-refractivity contribution >= 4 is 29.0 Å². The minimum atomic E-state index is -4.31. The van der Waals surface area contributed by atoms with Gasteiger partial charge < -0.3 is 20.4 Å². The quantitative estimate of drug-likeness (QED) is 0.668. The molecule has 7 nitrogen and oxygen atoms in total. The molecule has 11 heteroatoms.